The summed E-state index contributed by atoms with van der Waals surface area (Å²) < 4.78 is 23.2. The van der Waals surface area contributed by atoms with Gasteiger partial charge in [0.05, 0.1) is 4.90 Å². The highest BCUT2D eigenvalue weighted by molar-refractivity contribution is 7.90. The quantitative estimate of drug-likeness (QED) is 0.672. The highest BCUT2D eigenvalue weighted by Crippen LogP contribution is 2.23. The predicted octanol–water partition coefficient (Wildman–Crippen LogP) is 2.69. The Morgan fingerprint density at radius 2 is 1.77 bits per heavy atom. The molecule has 1 aliphatic heterocycles. The number of aromatic hydroxyl groups is 1. The molecule has 0 radical (unpaired) electrons. The second-order valence-electron chi connectivity index (χ2n) is 7.88. The van der Waals surface area contributed by atoms with Crippen molar-refractivity contribution in [1.29, 1.82) is 0 Å². The first-order chi connectivity index (χ1) is 14.8. The predicted molar refractivity (Wildman–Crippen MR) is 119 cm³/mol. The first kappa shape index (κ1) is 21.3. The zero-order chi connectivity index (χ0) is 22.0. The van der Waals surface area contributed by atoms with Crippen LogP contribution in [0.3, 0.4) is 0 Å². The number of hydrogen-bond acceptors (Lipinski definition) is 6. The third-order valence-corrected chi connectivity index (χ3v) is 6.68. The number of aromatic nitrogens is 1. The van der Waals surface area contributed by atoms with Crippen molar-refractivity contribution >= 4 is 26.6 Å². The standard InChI is InChI=1S/C23H25N3O4S/c1-31(29,30)19-9-6-17(7-10-19)16-25-12-3-13-26(15-14-25)23(28)20-11-8-18-4-2-5-21(27)22(18)24-20/h2,4-11,27H,3,12-16H2,1H3. The first-order valence-corrected chi connectivity index (χ1v) is 12.1. The second-order valence-corrected chi connectivity index (χ2v) is 9.90. The Morgan fingerprint density at radius 1 is 1.00 bits per heavy atom. The van der Waals surface area contributed by atoms with Crippen LogP contribution in [0.5, 0.6) is 5.75 Å². The number of rotatable bonds is 4. The number of fused-ring (bicyclic) bond motifs is 1. The number of hydrogen-bond donors (Lipinski definition) is 1. The molecule has 1 aliphatic rings. The number of carbonyl (C=O) groups excluding carboxylic acids is 1. The van der Waals surface area contributed by atoms with E-state index in [9.17, 15) is 18.3 Å². The monoisotopic (exact) mass is 439 g/mol. The van der Waals surface area contributed by atoms with Crippen molar-refractivity contribution in [1.82, 2.24) is 14.8 Å². The van der Waals surface area contributed by atoms with Gasteiger partial charge in [0, 0.05) is 44.4 Å². The van der Waals surface area contributed by atoms with Crippen LogP contribution in [0.25, 0.3) is 10.9 Å². The van der Waals surface area contributed by atoms with E-state index < -0.39 is 9.84 Å². The summed E-state index contributed by atoms with van der Waals surface area (Å²) in [4.78, 5) is 21.8. The van der Waals surface area contributed by atoms with Crippen LogP contribution in [-0.4, -0.2) is 66.7 Å². The first-order valence-electron chi connectivity index (χ1n) is 10.2. The molecule has 0 spiro atoms. The van der Waals surface area contributed by atoms with Crippen molar-refractivity contribution in [2.45, 2.75) is 17.9 Å². The van der Waals surface area contributed by atoms with Crippen molar-refractivity contribution in [2.24, 2.45) is 0 Å². The molecule has 31 heavy (non-hydrogen) atoms. The number of para-hydroxylation sites is 1. The minimum absolute atomic E-state index is 0.0658. The minimum atomic E-state index is -3.20. The second kappa shape index (κ2) is 8.64. The fourth-order valence-electron chi connectivity index (χ4n) is 3.84. The zero-order valence-electron chi connectivity index (χ0n) is 17.4. The van der Waals surface area contributed by atoms with Gasteiger partial charge in [-0.1, -0.05) is 30.3 Å². The molecule has 8 heteroatoms. The number of carbonyl (C=O) groups is 1. The third kappa shape index (κ3) is 4.86. The topological polar surface area (TPSA) is 90.8 Å². The van der Waals surface area contributed by atoms with E-state index in [4.69, 9.17) is 0 Å². The Morgan fingerprint density at radius 3 is 2.52 bits per heavy atom. The van der Waals surface area contributed by atoms with Gasteiger partial charge in [-0.25, -0.2) is 13.4 Å². The molecule has 1 amide bonds. The normalized spacial score (nSPS) is 15.7. The summed E-state index contributed by atoms with van der Waals surface area (Å²) in [5.41, 5.74) is 1.81. The Kier molecular flexibility index (Phi) is 5.93. The fourth-order valence-corrected chi connectivity index (χ4v) is 4.48. The lowest BCUT2D eigenvalue weighted by atomic mass is 10.2. The maximum Gasteiger partial charge on any atom is 0.272 e. The maximum atomic E-state index is 13.0. The van der Waals surface area contributed by atoms with Crippen LogP contribution in [-0.2, 0) is 16.4 Å². The van der Waals surface area contributed by atoms with E-state index in [1.807, 2.05) is 18.2 Å². The van der Waals surface area contributed by atoms with Crippen molar-refractivity contribution in [3.05, 3.63) is 65.9 Å². The highest BCUT2D eigenvalue weighted by Gasteiger charge is 2.22. The van der Waals surface area contributed by atoms with Gasteiger partial charge in [0.2, 0.25) is 0 Å². The van der Waals surface area contributed by atoms with Crippen LogP contribution < -0.4 is 0 Å². The minimum Gasteiger partial charge on any atom is -0.506 e. The molecular formula is C23H25N3O4S. The molecule has 4 rings (SSSR count). The highest BCUT2D eigenvalue weighted by atomic mass is 32.2. The molecule has 0 saturated carbocycles. The van der Waals surface area contributed by atoms with Gasteiger partial charge in [-0.15, -0.1) is 0 Å². The molecule has 0 atom stereocenters. The van der Waals surface area contributed by atoms with Crippen LogP contribution in [0, 0.1) is 0 Å². The molecular weight excluding hydrogens is 414 g/mol. The molecule has 1 aromatic heterocycles. The molecule has 0 unspecified atom stereocenters. The zero-order valence-corrected chi connectivity index (χ0v) is 18.2. The van der Waals surface area contributed by atoms with Crippen molar-refractivity contribution in [3.8, 4) is 5.75 Å². The molecule has 0 aliphatic carbocycles. The summed E-state index contributed by atoms with van der Waals surface area (Å²) in [6.45, 7) is 3.50. The van der Waals surface area contributed by atoms with Gasteiger partial charge in [0.1, 0.15) is 17.0 Å². The Balaban J connectivity index is 1.42. The van der Waals surface area contributed by atoms with Crippen LogP contribution in [0.4, 0.5) is 0 Å². The number of sulfone groups is 1. The van der Waals surface area contributed by atoms with Gasteiger partial charge in [0.25, 0.3) is 5.91 Å². The molecule has 1 N–H and O–H groups in total. The van der Waals surface area contributed by atoms with Gasteiger partial charge < -0.3 is 10.0 Å². The molecule has 3 aromatic rings. The summed E-state index contributed by atoms with van der Waals surface area (Å²) in [6.07, 6.45) is 2.04. The average Bonchev–Trinajstić information content (AvgIpc) is 2.99. The van der Waals surface area contributed by atoms with E-state index in [1.165, 1.54) is 6.26 Å². The summed E-state index contributed by atoms with van der Waals surface area (Å²) >= 11 is 0. The maximum absolute atomic E-state index is 13.0. The fraction of sp³-hybridized carbons (Fsp3) is 0.304. The average molecular weight is 440 g/mol. The smallest absolute Gasteiger partial charge is 0.272 e. The number of pyridine rings is 1. The van der Waals surface area contributed by atoms with Gasteiger partial charge in [-0.05, 0) is 36.2 Å². The van der Waals surface area contributed by atoms with E-state index in [0.717, 1.165) is 30.5 Å². The van der Waals surface area contributed by atoms with Crippen LogP contribution in [0.2, 0.25) is 0 Å². The largest absolute Gasteiger partial charge is 0.506 e. The number of nitrogens with zero attached hydrogens (tertiary/aromatic N) is 3. The molecule has 1 saturated heterocycles. The lowest BCUT2D eigenvalue weighted by Crippen LogP contribution is -2.35. The number of amides is 1. The van der Waals surface area contributed by atoms with Gasteiger partial charge >= 0.3 is 0 Å². The van der Waals surface area contributed by atoms with E-state index >= 15 is 0 Å². The summed E-state index contributed by atoms with van der Waals surface area (Å²) in [6, 6.07) is 15.6. The SMILES string of the molecule is CS(=O)(=O)c1ccc(CN2CCCN(C(=O)c3ccc4cccc(O)c4n3)CC2)cc1. The van der Waals surface area contributed by atoms with Crippen LogP contribution >= 0.6 is 0 Å². The van der Waals surface area contributed by atoms with E-state index in [1.54, 1.807) is 41.3 Å². The molecule has 2 aromatic carbocycles. The van der Waals surface area contributed by atoms with Crippen LogP contribution in [0.1, 0.15) is 22.5 Å². The number of benzene rings is 2. The third-order valence-electron chi connectivity index (χ3n) is 5.55. The summed E-state index contributed by atoms with van der Waals surface area (Å²) in [5.74, 6) is -0.0689. The van der Waals surface area contributed by atoms with Gasteiger partial charge in [0.15, 0.2) is 9.84 Å². The molecule has 162 valence electrons. The Bertz CT molecular complexity index is 1210. The molecule has 7 nitrogen and oxygen atoms in total. The number of phenolic OH excluding ortho intramolecular Hbond substituents is 1. The van der Waals surface area contributed by atoms with Gasteiger partial charge in [-0.3, -0.25) is 9.69 Å². The van der Waals surface area contributed by atoms with E-state index in [0.29, 0.717) is 35.7 Å². The molecule has 2 heterocycles. The lowest BCUT2D eigenvalue weighted by Gasteiger charge is -2.22. The Hall–Kier alpha value is -2.97. The number of phenols is 1. The van der Waals surface area contributed by atoms with E-state index in [2.05, 4.69) is 9.88 Å². The van der Waals surface area contributed by atoms with Crippen molar-refractivity contribution in [2.75, 3.05) is 32.4 Å². The van der Waals surface area contributed by atoms with Gasteiger partial charge in [-0.2, -0.15) is 0 Å². The Labute approximate surface area is 181 Å². The van der Waals surface area contributed by atoms with Crippen molar-refractivity contribution < 1.29 is 18.3 Å². The molecule has 0 bridgehead atoms. The summed E-state index contributed by atoms with van der Waals surface area (Å²) in [7, 11) is -3.20. The van der Waals surface area contributed by atoms with E-state index in [-0.39, 0.29) is 11.7 Å². The lowest BCUT2D eigenvalue weighted by molar-refractivity contribution is 0.0755. The van der Waals surface area contributed by atoms with Crippen molar-refractivity contribution in [3.63, 3.8) is 0 Å². The summed E-state index contributed by atoms with van der Waals surface area (Å²) in [5, 5.41) is 10.8. The molecule has 1 fully saturated rings. The van der Waals surface area contributed by atoms with Crippen LogP contribution in [0.15, 0.2) is 59.5 Å².